The maximum Gasteiger partial charge on any atom is 0.241 e. The Bertz CT molecular complexity index is 2740. The molecule has 6 N–H and O–H groups in total. The number of nitrogens with two attached hydrogens (primary N) is 2. The van der Waals surface area contributed by atoms with Crippen molar-refractivity contribution >= 4 is 66.4 Å². The molecule has 0 heterocycles. The molecule has 0 unspecified atom stereocenters. The second-order valence-electron chi connectivity index (χ2n) is 12.6. The normalized spacial score (nSPS) is 11.2. The van der Waals surface area contributed by atoms with E-state index in [9.17, 15) is 35.2 Å². The van der Waals surface area contributed by atoms with E-state index in [0.29, 0.717) is 10.0 Å². The first-order valence-electron chi connectivity index (χ1n) is 17.1. The first kappa shape index (κ1) is 44.2. The molecule has 0 aliphatic rings. The van der Waals surface area contributed by atoms with Crippen LogP contribution in [0.25, 0.3) is 0 Å². The summed E-state index contributed by atoms with van der Waals surface area (Å²) in [5, 5.41) is 16.1. The van der Waals surface area contributed by atoms with E-state index in [4.69, 9.17) is 43.0 Å². The molecule has 0 aliphatic heterocycles. The second kappa shape index (κ2) is 19.2. The van der Waals surface area contributed by atoms with Crippen molar-refractivity contribution in [3.8, 4) is 23.0 Å². The number of benzene rings is 6. The van der Waals surface area contributed by atoms with E-state index >= 15 is 0 Å². The fraction of sp³-hybridized carbons (Fsp3) is 0.0732. The lowest BCUT2D eigenvalue weighted by Crippen LogP contribution is -2.18. The van der Waals surface area contributed by atoms with Crippen molar-refractivity contribution in [2.24, 2.45) is 10.3 Å². The third-order valence-electron chi connectivity index (χ3n) is 8.05. The minimum atomic E-state index is -4.36. The molecule has 0 atom stereocenters. The molecule has 0 saturated carbocycles. The Labute approximate surface area is 348 Å². The van der Waals surface area contributed by atoms with Crippen molar-refractivity contribution in [3.05, 3.63) is 166 Å². The van der Waals surface area contributed by atoms with Gasteiger partial charge in [0.05, 0.1) is 12.8 Å². The molecule has 0 aromatic heterocycles. The van der Waals surface area contributed by atoms with Gasteiger partial charge < -0.3 is 20.1 Å². The molecule has 12 nitrogen and oxygen atoms in total. The lowest BCUT2D eigenvalue weighted by atomic mass is 10.1. The molecule has 0 bridgehead atoms. The quantitative estimate of drug-likeness (QED) is 0.0938. The fourth-order valence-corrected chi connectivity index (χ4v) is 7.11. The van der Waals surface area contributed by atoms with Gasteiger partial charge in [-0.05, 0) is 72.1 Å². The first-order valence-corrected chi connectivity index (χ1v) is 21.0. The van der Waals surface area contributed by atoms with E-state index in [1.165, 1.54) is 24.3 Å². The number of hydrogen-bond donors (Lipinski definition) is 4. The van der Waals surface area contributed by atoms with Crippen LogP contribution in [0.3, 0.4) is 0 Å². The molecule has 59 heavy (non-hydrogen) atoms. The number of aryl methyl sites for hydroxylation is 1. The molecule has 0 aliphatic carbocycles. The van der Waals surface area contributed by atoms with E-state index in [2.05, 4.69) is 10.6 Å². The molecule has 6 rings (SSSR count). The van der Waals surface area contributed by atoms with E-state index in [-0.39, 0.29) is 35.7 Å². The van der Waals surface area contributed by atoms with Crippen molar-refractivity contribution in [2.45, 2.75) is 29.6 Å². The zero-order valence-corrected chi connectivity index (χ0v) is 33.9. The minimum absolute atomic E-state index is 0.0356. The van der Waals surface area contributed by atoms with Crippen LogP contribution < -0.4 is 30.4 Å². The highest BCUT2D eigenvalue weighted by Crippen LogP contribution is 2.36. The van der Waals surface area contributed by atoms with Gasteiger partial charge in [-0.3, -0.25) is 9.59 Å². The molecule has 0 saturated heterocycles. The van der Waals surface area contributed by atoms with E-state index in [1.54, 1.807) is 60.7 Å². The van der Waals surface area contributed by atoms with Crippen LogP contribution in [0.1, 0.15) is 16.7 Å². The highest BCUT2D eigenvalue weighted by atomic mass is 35.5. The molecule has 2 amide bonds. The number of hydrogen-bond acceptors (Lipinski definition) is 8. The summed E-state index contributed by atoms with van der Waals surface area (Å²) in [4.78, 5) is 23.4. The van der Waals surface area contributed by atoms with Crippen molar-refractivity contribution in [1.29, 1.82) is 0 Å². The number of anilines is 2. The Balaban J connectivity index is 0.000000224. The monoisotopic (exact) mass is 882 g/mol. The summed E-state index contributed by atoms with van der Waals surface area (Å²) in [6, 6.07) is 32.3. The number of halogens is 4. The number of nitrogens with one attached hydrogen (secondary N) is 2. The third kappa shape index (κ3) is 12.8. The standard InChI is InChI=1S/C21H18ClFN2O4S.C20H16ClFN2O4S/c1-13-5-2-3-6-14(13)9-20(26)25-16-11-18(23)21(19(12-16)30(24,27)28)29-17-8-4-7-15(22)10-17;21-14-7-4-8-16(10-14)28-20-17(22)11-15(12-18(20)29(23,26)27)24-19(25)9-13-5-2-1-3-6-13/h2-8,10-12H,9H2,1H3,(H,25,26)(H2,24,27,28);1-8,10-12H,9H2,(H,24,25)(H2,23,26,27). The lowest BCUT2D eigenvalue weighted by Gasteiger charge is -2.14. The highest BCUT2D eigenvalue weighted by Gasteiger charge is 2.24. The molecule has 6 aromatic rings. The first-order chi connectivity index (χ1) is 27.8. The van der Waals surface area contributed by atoms with Crippen LogP contribution in [0.2, 0.25) is 10.0 Å². The molecule has 0 fully saturated rings. The molecule has 6 aromatic carbocycles. The summed E-state index contributed by atoms with van der Waals surface area (Å²) in [7, 11) is -8.71. The predicted molar refractivity (Wildman–Crippen MR) is 221 cm³/mol. The SMILES string of the molecule is Cc1ccccc1CC(=O)Nc1cc(F)c(Oc2cccc(Cl)c2)c(S(N)(=O)=O)c1.NS(=O)(=O)c1cc(NC(=O)Cc2ccccc2)cc(F)c1Oc1cccc(Cl)c1. The van der Waals surface area contributed by atoms with Gasteiger partial charge in [0, 0.05) is 33.6 Å². The number of rotatable bonds is 12. The summed E-state index contributed by atoms with van der Waals surface area (Å²) in [6.07, 6.45) is 0.0771. The largest absolute Gasteiger partial charge is 0.453 e. The zero-order valence-electron chi connectivity index (χ0n) is 30.8. The Morgan fingerprint density at radius 2 is 1.03 bits per heavy atom. The maximum absolute atomic E-state index is 14.7. The lowest BCUT2D eigenvalue weighted by molar-refractivity contribution is -0.116. The van der Waals surface area contributed by atoms with Crippen molar-refractivity contribution in [2.75, 3.05) is 10.6 Å². The van der Waals surface area contributed by atoms with Crippen LogP contribution in [0.4, 0.5) is 20.2 Å². The number of carbonyl (C=O) groups excluding carboxylic acids is 2. The Hall–Kier alpha value is -5.88. The smallest absolute Gasteiger partial charge is 0.241 e. The molecule has 0 spiro atoms. The van der Waals surface area contributed by atoms with Gasteiger partial charge in [0.2, 0.25) is 31.9 Å². The van der Waals surface area contributed by atoms with Gasteiger partial charge in [-0.2, -0.15) is 0 Å². The fourth-order valence-electron chi connectivity index (χ4n) is 5.37. The van der Waals surface area contributed by atoms with Gasteiger partial charge in [0.25, 0.3) is 0 Å². The number of carbonyl (C=O) groups is 2. The van der Waals surface area contributed by atoms with Gasteiger partial charge in [-0.25, -0.2) is 35.9 Å². The number of sulfonamides is 2. The molecule has 0 radical (unpaired) electrons. The second-order valence-corrected chi connectivity index (χ2v) is 16.6. The van der Waals surface area contributed by atoms with Gasteiger partial charge >= 0.3 is 0 Å². The van der Waals surface area contributed by atoms with Crippen LogP contribution >= 0.6 is 23.2 Å². The topological polar surface area (TPSA) is 197 Å². The number of ether oxygens (including phenoxy) is 2. The summed E-state index contributed by atoms with van der Waals surface area (Å²) in [5.74, 6) is -3.82. The average Bonchev–Trinajstić information content (AvgIpc) is 3.14. The van der Waals surface area contributed by atoms with Gasteiger partial charge in [0.1, 0.15) is 21.3 Å². The molecular weight excluding hydrogens is 850 g/mol. The highest BCUT2D eigenvalue weighted by molar-refractivity contribution is 7.89. The summed E-state index contributed by atoms with van der Waals surface area (Å²) >= 11 is 11.7. The number of primary sulfonamides is 2. The minimum Gasteiger partial charge on any atom is -0.453 e. The van der Waals surface area contributed by atoms with E-state index in [0.717, 1.165) is 41.0 Å². The van der Waals surface area contributed by atoms with Crippen LogP contribution in [0, 0.1) is 18.6 Å². The van der Waals surface area contributed by atoms with Crippen LogP contribution in [-0.2, 0) is 42.5 Å². The maximum atomic E-state index is 14.7. The van der Waals surface area contributed by atoms with Gasteiger partial charge in [0.15, 0.2) is 23.1 Å². The average molecular weight is 884 g/mol. The Morgan fingerprint density at radius 1 is 0.593 bits per heavy atom. The molecular formula is C41H34Cl2F2N4O8S2. The third-order valence-corrected chi connectivity index (χ3v) is 10.4. The van der Waals surface area contributed by atoms with Crippen molar-refractivity contribution in [1.82, 2.24) is 0 Å². The Kier molecular flexibility index (Phi) is 14.4. The van der Waals surface area contributed by atoms with Crippen LogP contribution in [0.5, 0.6) is 23.0 Å². The molecule has 18 heteroatoms. The molecule has 306 valence electrons. The van der Waals surface area contributed by atoms with E-state index < -0.39 is 64.8 Å². The number of amides is 2. The van der Waals surface area contributed by atoms with Crippen LogP contribution in [0.15, 0.2) is 137 Å². The summed E-state index contributed by atoms with van der Waals surface area (Å²) in [6.45, 7) is 1.86. The van der Waals surface area contributed by atoms with Gasteiger partial charge in [-0.1, -0.05) is 89.9 Å². The van der Waals surface area contributed by atoms with Crippen molar-refractivity contribution in [3.63, 3.8) is 0 Å². The van der Waals surface area contributed by atoms with Crippen LogP contribution in [-0.4, -0.2) is 28.6 Å². The summed E-state index contributed by atoms with van der Waals surface area (Å²) in [5.41, 5.74) is 2.34. The van der Waals surface area contributed by atoms with Crippen molar-refractivity contribution < 1.29 is 44.7 Å². The van der Waals surface area contributed by atoms with E-state index in [1.807, 2.05) is 25.1 Å². The predicted octanol–water partition coefficient (Wildman–Crippen LogP) is 8.51. The van der Waals surface area contributed by atoms with Gasteiger partial charge in [-0.15, -0.1) is 0 Å². The Morgan fingerprint density at radius 3 is 1.47 bits per heavy atom. The summed E-state index contributed by atoms with van der Waals surface area (Å²) < 4.78 is 88.2. The zero-order chi connectivity index (χ0) is 42.9.